The topological polar surface area (TPSA) is 38.7 Å². The van der Waals surface area contributed by atoms with Gasteiger partial charge in [-0.15, -0.1) is 0 Å². The summed E-state index contributed by atoms with van der Waals surface area (Å²) in [7, 11) is -3.70. The van der Waals surface area contributed by atoms with Gasteiger partial charge in [0.2, 0.25) is 0 Å². The van der Waals surface area contributed by atoms with Crippen molar-refractivity contribution in [1.29, 1.82) is 0 Å². The van der Waals surface area contributed by atoms with Crippen LogP contribution in [0.3, 0.4) is 0 Å². The molecule has 0 radical (unpaired) electrons. The molecule has 0 saturated carbocycles. The lowest BCUT2D eigenvalue weighted by Crippen LogP contribution is -2.43. The molecule has 0 aromatic rings. The summed E-state index contributed by atoms with van der Waals surface area (Å²) in [4.78, 5) is 0. The smallest absolute Gasteiger partial charge is 0.192 e. The first-order valence-electron chi connectivity index (χ1n) is 12.2. The Balaban J connectivity index is 5.16. The minimum Gasteiger partial charge on any atom is -0.410 e. The first kappa shape index (κ1) is 31.3. The predicted octanol–water partition coefficient (Wildman–Crippen LogP) is 8.17. The lowest BCUT2D eigenvalue weighted by Gasteiger charge is -2.38. The van der Waals surface area contributed by atoms with Gasteiger partial charge in [-0.25, -0.2) is 0 Å². The molecule has 5 heteroatoms. The summed E-state index contributed by atoms with van der Waals surface area (Å²) >= 11 is 0. The number of aliphatic hydroxyl groups excluding tert-OH is 1. The van der Waals surface area contributed by atoms with Crippen LogP contribution >= 0.6 is 0 Å². The maximum atomic E-state index is 9.43. The average Bonchev–Trinajstić information content (AvgIpc) is 2.62. The molecule has 186 valence electrons. The Kier molecular flexibility index (Phi) is 13.5. The van der Waals surface area contributed by atoms with Crippen LogP contribution in [0.2, 0.25) is 36.3 Å². The molecular formula is C27H52O3Si2. The first-order chi connectivity index (χ1) is 14.6. The zero-order chi connectivity index (χ0) is 25.1. The molecule has 32 heavy (non-hydrogen) atoms. The molecule has 0 aliphatic carbocycles. The van der Waals surface area contributed by atoms with E-state index in [1.54, 1.807) is 0 Å². The number of hydrogen-bond donors (Lipinski definition) is 1. The normalized spacial score (nSPS) is 16.8. The summed E-state index contributed by atoms with van der Waals surface area (Å²) in [6, 6.07) is 0. The molecule has 0 fully saturated rings. The Hall–Kier alpha value is -0.726. The lowest BCUT2D eigenvalue weighted by atomic mass is 10.2. The molecule has 0 aromatic carbocycles. The van der Waals surface area contributed by atoms with E-state index in [1.807, 2.05) is 18.2 Å². The van der Waals surface area contributed by atoms with E-state index in [-0.39, 0.29) is 28.9 Å². The summed E-state index contributed by atoms with van der Waals surface area (Å²) in [5, 5.41) is 9.78. The second kappa shape index (κ2) is 13.9. The van der Waals surface area contributed by atoms with E-state index in [4.69, 9.17) is 8.85 Å². The maximum Gasteiger partial charge on any atom is 0.192 e. The minimum absolute atomic E-state index is 0.0524. The Morgan fingerprint density at radius 3 is 1.56 bits per heavy atom. The van der Waals surface area contributed by atoms with Crippen LogP contribution in [0, 0.1) is 0 Å². The van der Waals surface area contributed by atoms with E-state index >= 15 is 0 Å². The highest BCUT2D eigenvalue weighted by Crippen LogP contribution is 2.38. The molecule has 0 rings (SSSR count). The average molecular weight is 481 g/mol. The van der Waals surface area contributed by atoms with Crippen LogP contribution in [0.25, 0.3) is 0 Å². The molecule has 0 bridgehead atoms. The Morgan fingerprint density at radius 1 is 0.719 bits per heavy atom. The highest BCUT2D eigenvalue weighted by molar-refractivity contribution is 6.74. The van der Waals surface area contributed by atoms with Gasteiger partial charge in [0.25, 0.3) is 0 Å². The van der Waals surface area contributed by atoms with E-state index in [0.29, 0.717) is 6.42 Å². The summed E-state index contributed by atoms with van der Waals surface area (Å²) in [6.45, 7) is 24.9. The molecule has 0 aliphatic rings. The highest BCUT2D eigenvalue weighted by Gasteiger charge is 2.39. The summed E-state index contributed by atoms with van der Waals surface area (Å²) < 4.78 is 13.1. The molecule has 0 aliphatic heterocycles. The monoisotopic (exact) mass is 480 g/mol. The van der Waals surface area contributed by atoms with Gasteiger partial charge in [0.05, 0.1) is 12.2 Å². The maximum absolute atomic E-state index is 9.43. The molecule has 0 amide bonds. The zero-order valence-corrected chi connectivity index (χ0v) is 24.9. The molecule has 3 nitrogen and oxygen atoms in total. The third kappa shape index (κ3) is 11.9. The highest BCUT2D eigenvalue weighted by atomic mass is 28.4. The van der Waals surface area contributed by atoms with Crippen LogP contribution in [0.5, 0.6) is 0 Å². The molecule has 0 aromatic heterocycles. The molecule has 0 unspecified atom stereocenters. The van der Waals surface area contributed by atoms with Crippen molar-refractivity contribution < 1.29 is 14.0 Å². The van der Waals surface area contributed by atoms with Crippen molar-refractivity contribution in [3.63, 3.8) is 0 Å². The van der Waals surface area contributed by atoms with Gasteiger partial charge in [0.15, 0.2) is 16.6 Å². The standard InChI is InChI=1S/C27H52O3Si2/c1-12-13-16-19-24(29-31(8,9)26(2,3)4)20-17-14-15-18-21-25(22-23-28)30-32(10,11)27(5,6)7/h13-18,20-21,24-25,28H,12,19,22-23H2,1-11H3/b15-14-,16-13-,20-17+,21-18+/t24-,25+/m0/s1. The molecule has 2 atom stereocenters. The Bertz CT molecular complexity index is 632. The van der Waals surface area contributed by atoms with Gasteiger partial charge in [0.1, 0.15) is 0 Å². The van der Waals surface area contributed by atoms with Gasteiger partial charge >= 0.3 is 0 Å². The number of aliphatic hydroxyl groups is 1. The largest absolute Gasteiger partial charge is 0.410 e. The molecule has 0 spiro atoms. The number of rotatable bonds is 13. The van der Waals surface area contributed by atoms with Gasteiger partial charge < -0.3 is 14.0 Å². The molecule has 1 N–H and O–H groups in total. The third-order valence-electron chi connectivity index (χ3n) is 6.67. The van der Waals surface area contributed by atoms with Crippen LogP contribution in [0.15, 0.2) is 48.6 Å². The SMILES string of the molecule is CC/C=C\C[C@@H](/C=C/C=C\C=C\[C@H](CCO)O[Si](C)(C)C(C)(C)C)O[Si](C)(C)C(C)(C)C. The molecular weight excluding hydrogens is 428 g/mol. The van der Waals surface area contributed by atoms with Crippen LogP contribution in [-0.4, -0.2) is 40.6 Å². The number of hydrogen-bond acceptors (Lipinski definition) is 3. The van der Waals surface area contributed by atoms with Crippen molar-refractivity contribution in [2.24, 2.45) is 0 Å². The van der Waals surface area contributed by atoms with E-state index in [1.165, 1.54) is 0 Å². The van der Waals surface area contributed by atoms with Crippen molar-refractivity contribution in [2.45, 2.75) is 116 Å². The van der Waals surface area contributed by atoms with E-state index in [0.717, 1.165) is 12.8 Å². The van der Waals surface area contributed by atoms with Crippen LogP contribution in [-0.2, 0) is 8.85 Å². The van der Waals surface area contributed by atoms with Crippen molar-refractivity contribution in [3.05, 3.63) is 48.6 Å². The van der Waals surface area contributed by atoms with Crippen LogP contribution in [0.1, 0.15) is 67.7 Å². The molecule has 0 heterocycles. The number of allylic oxidation sites excluding steroid dienone is 5. The van der Waals surface area contributed by atoms with E-state index < -0.39 is 16.6 Å². The minimum atomic E-state index is -1.87. The van der Waals surface area contributed by atoms with Crippen LogP contribution in [0.4, 0.5) is 0 Å². The summed E-state index contributed by atoms with van der Waals surface area (Å²) in [5.74, 6) is 0. The van der Waals surface area contributed by atoms with E-state index in [2.05, 4.69) is 105 Å². The predicted molar refractivity (Wildman–Crippen MR) is 147 cm³/mol. The van der Waals surface area contributed by atoms with Crippen molar-refractivity contribution >= 4 is 16.6 Å². The Labute approximate surface area is 201 Å². The van der Waals surface area contributed by atoms with Gasteiger partial charge in [0, 0.05) is 6.61 Å². The van der Waals surface area contributed by atoms with Gasteiger partial charge in [-0.05, 0) is 55.5 Å². The Morgan fingerprint density at radius 2 is 1.16 bits per heavy atom. The zero-order valence-electron chi connectivity index (χ0n) is 22.9. The lowest BCUT2D eigenvalue weighted by molar-refractivity contribution is 0.174. The van der Waals surface area contributed by atoms with Gasteiger partial charge in [-0.1, -0.05) is 97.1 Å². The van der Waals surface area contributed by atoms with Gasteiger partial charge in [-0.2, -0.15) is 0 Å². The fraction of sp³-hybridized carbons (Fsp3) is 0.704. The summed E-state index contributed by atoms with van der Waals surface area (Å²) in [6.07, 6.45) is 19.5. The fourth-order valence-electron chi connectivity index (χ4n) is 2.50. The van der Waals surface area contributed by atoms with Crippen molar-refractivity contribution in [2.75, 3.05) is 6.61 Å². The van der Waals surface area contributed by atoms with Crippen molar-refractivity contribution in [3.8, 4) is 0 Å². The molecule has 0 saturated heterocycles. The second-order valence-electron chi connectivity index (χ2n) is 11.6. The van der Waals surface area contributed by atoms with Crippen LogP contribution < -0.4 is 0 Å². The quantitative estimate of drug-likeness (QED) is 0.164. The summed E-state index contributed by atoms with van der Waals surface area (Å²) in [5.41, 5.74) is 0. The van der Waals surface area contributed by atoms with E-state index in [9.17, 15) is 5.11 Å². The van der Waals surface area contributed by atoms with Gasteiger partial charge in [-0.3, -0.25) is 0 Å². The first-order valence-corrected chi connectivity index (χ1v) is 18.0. The fourth-order valence-corrected chi connectivity index (χ4v) is 5.09. The third-order valence-corrected chi connectivity index (χ3v) is 15.7. The second-order valence-corrected chi connectivity index (χ2v) is 21.1. The van der Waals surface area contributed by atoms with Crippen molar-refractivity contribution in [1.82, 2.24) is 0 Å².